The van der Waals surface area contributed by atoms with E-state index in [0.29, 0.717) is 6.04 Å². The van der Waals surface area contributed by atoms with E-state index in [9.17, 15) is 5.26 Å². The number of nitriles is 1. The summed E-state index contributed by atoms with van der Waals surface area (Å²) in [5, 5.41) is 12.7. The quantitative estimate of drug-likeness (QED) is 0.771. The van der Waals surface area contributed by atoms with Crippen LogP contribution in [0.2, 0.25) is 0 Å². The average Bonchev–Trinajstić information content (AvgIpc) is 3.19. The first kappa shape index (κ1) is 14.4. The molecule has 2 rings (SSSR count). The highest BCUT2D eigenvalue weighted by atomic mass is 32.2. The second-order valence-corrected chi connectivity index (χ2v) is 6.76. The first-order chi connectivity index (χ1) is 9.11. The maximum absolute atomic E-state index is 9.29. The molecule has 19 heavy (non-hydrogen) atoms. The number of rotatable bonds is 7. The molecular weight excluding hydrogens is 252 g/mol. The molecule has 1 unspecified atom stereocenters. The second kappa shape index (κ2) is 6.45. The van der Waals surface area contributed by atoms with E-state index >= 15 is 0 Å². The molecule has 102 valence electrons. The molecule has 1 N–H and O–H groups in total. The number of benzene rings is 1. The Labute approximate surface area is 120 Å². The second-order valence-electron chi connectivity index (χ2n) is 5.65. The lowest BCUT2D eigenvalue weighted by Crippen LogP contribution is -2.42. The Morgan fingerprint density at radius 3 is 2.89 bits per heavy atom. The topological polar surface area (TPSA) is 35.8 Å². The number of aryl methyl sites for hydroxylation is 1. The summed E-state index contributed by atoms with van der Waals surface area (Å²) in [4.78, 5) is 0. The fraction of sp³-hybridized carbons (Fsp3) is 0.562. The summed E-state index contributed by atoms with van der Waals surface area (Å²) in [5.41, 5.74) is 2.34. The SMILES string of the molecule is Cc1cccc(CSCCC(C)(C#N)NC2CC2)c1. The van der Waals surface area contributed by atoms with Gasteiger partial charge >= 0.3 is 0 Å². The zero-order valence-corrected chi connectivity index (χ0v) is 12.6. The molecule has 1 aliphatic rings. The van der Waals surface area contributed by atoms with Crippen molar-refractivity contribution in [3.05, 3.63) is 35.4 Å². The average molecular weight is 274 g/mol. The van der Waals surface area contributed by atoms with Crippen LogP contribution < -0.4 is 5.32 Å². The van der Waals surface area contributed by atoms with Crippen molar-refractivity contribution in [2.45, 2.75) is 50.4 Å². The highest BCUT2D eigenvalue weighted by Gasteiger charge is 2.31. The van der Waals surface area contributed by atoms with Crippen LogP contribution in [0.15, 0.2) is 24.3 Å². The molecule has 0 saturated heterocycles. The Bertz CT molecular complexity index is 462. The van der Waals surface area contributed by atoms with E-state index in [4.69, 9.17) is 0 Å². The fourth-order valence-corrected chi connectivity index (χ4v) is 3.22. The van der Waals surface area contributed by atoms with Crippen LogP contribution in [0.4, 0.5) is 0 Å². The van der Waals surface area contributed by atoms with Gasteiger partial charge in [-0.15, -0.1) is 0 Å². The first-order valence-electron chi connectivity index (χ1n) is 6.93. The Kier molecular flexibility index (Phi) is 4.90. The third-order valence-electron chi connectivity index (χ3n) is 3.44. The third-order valence-corrected chi connectivity index (χ3v) is 4.47. The van der Waals surface area contributed by atoms with E-state index in [0.717, 1.165) is 17.9 Å². The molecule has 0 bridgehead atoms. The van der Waals surface area contributed by atoms with Crippen molar-refractivity contribution in [3.8, 4) is 6.07 Å². The van der Waals surface area contributed by atoms with Gasteiger partial charge in [0.1, 0.15) is 5.54 Å². The van der Waals surface area contributed by atoms with Crippen molar-refractivity contribution in [1.82, 2.24) is 5.32 Å². The van der Waals surface area contributed by atoms with Crippen LogP contribution >= 0.6 is 11.8 Å². The van der Waals surface area contributed by atoms with Gasteiger partial charge in [-0.25, -0.2) is 0 Å². The van der Waals surface area contributed by atoms with E-state index in [-0.39, 0.29) is 5.54 Å². The number of nitrogens with zero attached hydrogens (tertiary/aromatic N) is 1. The van der Waals surface area contributed by atoms with Gasteiger partial charge < -0.3 is 0 Å². The molecular formula is C16H22N2S. The van der Waals surface area contributed by atoms with E-state index in [1.807, 2.05) is 18.7 Å². The van der Waals surface area contributed by atoms with E-state index in [2.05, 4.69) is 42.6 Å². The Morgan fingerprint density at radius 2 is 2.26 bits per heavy atom. The van der Waals surface area contributed by atoms with Crippen LogP contribution in [-0.2, 0) is 5.75 Å². The molecule has 1 fully saturated rings. The molecule has 3 heteroatoms. The monoisotopic (exact) mass is 274 g/mol. The van der Waals surface area contributed by atoms with E-state index < -0.39 is 0 Å². The van der Waals surface area contributed by atoms with Gasteiger partial charge in [0, 0.05) is 11.8 Å². The van der Waals surface area contributed by atoms with Crippen LogP contribution in [0.1, 0.15) is 37.3 Å². The van der Waals surface area contributed by atoms with E-state index in [1.54, 1.807) is 0 Å². The van der Waals surface area contributed by atoms with Gasteiger partial charge in [0.2, 0.25) is 0 Å². The molecule has 0 spiro atoms. The smallest absolute Gasteiger partial charge is 0.104 e. The molecule has 1 aromatic rings. The van der Waals surface area contributed by atoms with Gasteiger partial charge in [-0.05, 0) is 44.4 Å². The summed E-state index contributed by atoms with van der Waals surface area (Å²) < 4.78 is 0. The van der Waals surface area contributed by atoms with Gasteiger partial charge in [0.05, 0.1) is 6.07 Å². The van der Waals surface area contributed by atoms with Crippen LogP contribution in [0.3, 0.4) is 0 Å². The maximum atomic E-state index is 9.29. The molecule has 2 nitrogen and oxygen atoms in total. The molecule has 1 saturated carbocycles. The van der Waals surface area contributed by atoms with Gasteiger partial charge in [-0.2, -0.15) is 17.0 Å². The van der Waals surface area contributed by atoms with Crippen LogP contribution in [0.5, 0.6) is 0 Å². The molecule has 0 amide bonds. The van der Waals surface area contributed by atoms with Crippen LogP contribution in [0, 0.1) is 18.3 Å². The summed E-state index contributed by atoms with van der Waals surface area (Å²) in [6.07, 6.45) is 3.37. The largest absolute Gasteiger partial charge is 0.297 e. The van der Waals surface area contributed by atoms with Gasteiger partial charge in [-0.3, -0.25) is 5.32 Å². The summed E-state index contributed by atoms with van der Waals surface area (Å²) in [7, 11) is 0. The summed E-state index contributed by atoms with van der Waals surface area (Å²) in [6.45, 7) is 4.15. The third kappa shape index (κ3) is 4.89. The summed E-state index contributed by atoms with van der Waals surface area (Å²) in [5.74, 6) is 2.06. The summed E-state index contributed by atoms with van der Waals surface area (Å²) in [6, 6.07) is 11.7. The van der Waals surface area contributed by atoms with Crippen molar-refractivity contribution in [1.29, 1.82) is 5.26 Å². The molecule has 0 aliphatic heterocycles. The molecule has 1 aromatic carbocycles. The minimum atomic E-state index is -0.346. The number of nitrogens with one attached hydrogen (secondary N) is 1. The standard InChI is InChI=1S/C16H22N2S/c1-13-4-3-5-14(10-13)11-19-9-8-16(2,12-17)18-15-6-7-15/h3-5,10,15,18H,6-9,11H2,1-2H3. The van der Waals surface area contributed by atoms with Crippen molar-refractivity contribution in [2.75, 3.05) is 5.75 Å². The highest BCUT2D eigenvalue weighted by molar-refractivity contribution is 7.98. The molecule has 1 aliphatic carbocycles. The lowest BCUT2D eigenvalue weighted by atomic mass is 10.0. The predicted octanol–water partition coefficient (Wildman–Crippen LogP) is 3.65. The van der Waals surface area contributed by atoms with E-state index in [1.165, 1.54) is 24.0 Å². The van der Waals surface area contributed by atoms with Gasteiger partial charge in [-0.1, -0.05) is 29.8 Å². The Hall–Kier alpha value is -0.980. The summed E-state index contributed by atoms with van der Waals surface area (Å²) >= 11 is 1.91. The minimum Gasteiger partial charge on any atom is -0.297 e. The first-order valence-corrected chi connectivity index (χ1v) is 8.09. The molecule has 0 aromatic heterocycles. The Morgan fingerprint density at radius 1 is 1.47 bits per heavy atom. The zero-order chi connectivity index (χ0) is 13.7. The van der Waals surface area contributed by atoms with Crippen molar-refractivity contribution < 1.29 is 0 Å². The molecule has 0 heterocycles. The predicted molar refractivity (Wildman–Crippen MR) is 82.1 cm³/mol. The molecule has 1 atom stereocenters. The maximum Gasteiger partial charge on any atom is 0.104 e. The fourth-order valence-electron chi connectivity index (χ4n) is 2.11. The van der Waals surface area contributed by atoms with Crippen LogP contribution in [-0.4, -0.2) is 17.3 Å². The lowest BCUT2D eigenvalue weighted by molar-refractivity contribution is 0.434. The van der Waals surface area contributed by atoms with Crippen molar-refractivity contribution >= 4 is 11.8 Å². The number of thioether (sulfide) groups is 1. The number of hydrogen-bond donors (Lipinski definition) is 1. The highest BCUT2D eigenvalue weighted by Crippen LogP contribution is 2.25. The molecule has 0 radical (unpaired) electrons. The lowest BCUT2D eigenvalue weighted by Gasteiger charge is -2.22. The normalized spacial score (nSPS) is 17.7. The zero-order valence-electron chi connectivity index (χ0n) is 11.8. The van der Waals surface area contributed by atoms with Crippen LogP contribution in [0.25, 0.3) is 0 Å². The van der Waals surface area contributed by atoms with Gasteiger partial charge in [0.15, 0.2) is 0 Å². The van der Waals surface area contributed by atoms with Crippen molar-refractivity contribution in [3.63, 3.8) is 0 Å². The van der Waals surface area contributed by atoms with Crippen molar-refractivity contribution in [2.24, 2.45) is 0 Å². The minimum absolute atomic E-state index is 0.346. The number of hydrogen-bond acceptors (Lipinski definition) is 3. The van der Waals surface area contributed by atoms with Gasteiger partial charge in [0.25, 0.3) is 0 Å². The Balaban J connectivity index is 1.72.